The molecule has 5 rings (SSSR count). The summed E-state index contributed by atoms with van der Waals surface area (Å²) in [6, 6.07) is 9.17. The maximum Gasteiger partial charge on any atom is 0.262 e. The van der Waals surface area contributed by atoms with Gasteiger partial charge in [0, 0.05) is 43.2 Å². The number of nitrogens with one attached hydrogen (secondary N) is 2. The molecule has 10 heteroatoms. The zero-order valence-corrected chi connectivity index (χ0v) is 21.8. The van der Waals surface area contributed by atoms with Crippen molar-refractivity contribution < 1.29 is 9.90 Å². The highest BCUT2D eigenvalue weighted by Gasteiger charge is 2.48. The number of piperidine rings is 1. The Bertz CT molecular complexity index is 1460. The third kappa shape index (κ3) is 4.69. The molecule has 1 saturated heterocycles. The van der Waals surface area contributed by atoms with Crippen LogP contribution in [0.5, 0.6) is 0 Å². The average molecular weight is 523 g/mol. The van der Waals surface area contributed by atoms with Gasteiger partial charge in [-0.15, -0.1) is 0 Å². The van der Waals surface area contributed by atoms with Crippen molar-refractivity contribution in [3.8, 4) is 5.69 Å². The molecule has 3 heterocycles. The van der Waals surface area contributed by atoms with E-state index in [-0.39, 0.29) is 23.4 Å². The van der Waals surface area contributed by atoms with Gasteiger partial charge in [-0.05, 0) is 55.5 Å². The zero-order valence-electron chi connectivity index (χ0n) is 21.0. The number of fused-ring (bicyclic) bond motifs is 1. The smallest absolute Gasteiger partial charge is 0.262 e. The van der Waals surface area contributed by atoms with Crippen LogP contribution >= 0.6 is 11.6 Å². The Morgan fingerprint density at radius 1 is 1.24 bits per heavy atom. The van der Waals surface area contributed by atoms with Gasteiger partial charge in [0.15, 0.2) is 5.65 Å². The third-order valence-electron chi connectivity index (χ3n) is 7.64. The number of aliphatic hydroxyl groups is 1. The van der Waals surface area contributed by atoms with E-state index in [9.17, 15) is 14.7 Å². The maximum atomic E-state index is 13.4. The first-order valence-electron chi connectivity index (χ1n) is 12.5. The SMILES string of the molecule is CN/C(=C\C=N)c1cccc(-n2c(Cl)cc3c(=O)n(CC4(O)CCN(C(=O)C5(C)CC5)CC4)cnc32)c1. The number of benzene rings is 1. The van der Waals surface area contributed by atoms with Gasteiger partial charge < -0.3 is 20.7 Å². The van der Waals surface area contributed by atoms with Crippen LogP contribution in [-0.4, -0.2) is 62.0 Å². The van der Waals surface area contributed by atoms with Crippen LogP contribution in [0, 0.1) is 10.8 Å². The van der Waals surface area contributed by atoms with Crippen molar-refractivity contribution in [1.29, 1.82) is 5.41 Å². The van der Waals surface area contributed by atoms with E-state index >= 15 is 0 Å². The molecule has 0 radical (unpaired) electrons. The lowest BCUT2D eigenvalue weighted by molar-refractivity contribution is -0.141. The van der Waals surface area contributed by atoms with Crippen molar-refractivity contribution in [2.24, 2.45) is 5.41 Å². The Labute approximate surface area is 219 Å². The van der Waals surface area contributed by atoms with Crippen molar-refractivity contribution in [2.75, 3.05) is 20.1 Å². The Kier molecular flexibility index (Phi) is 6.45. The molecule has 1 saturated carbocycles. The minimum absolute atomic E-state index is 0.103. The first-order valence-corrected chi connectivity index (χ1v) is 12.8. The summed E-state index contributed by atoms with van der Waals surface area (Å²) in [5, 5.41) is 22.4. The van der Waals surface area contributed by atoms with E-state index in [1.54, 1.807) is 23.8 Å². The van der Waals surface area contributed by atoms with Gasteiger partial charge >= 0.3 is 0 Å². The number of carbonyl (C=O) groups excluding carboxylic acids is 1. The summed E-state index contributed by atoms with van der Waals surface area (Å²) in [6.07, 6.45) is 6.99. The fourth-order valence-corrected chi connectivity index (χ4v) is 5.34. The number of nitrogens with zero attached hydrogens (tertiary/aromatic N) is 4. The molecule has 0 unspecified atom stereocenters. The summed E-state index contributed by atoms with van der Waals surface area (Å²) in [4.78, 5) is 32.4. The number of carbonyl (C=O) groups is 1. The van der Waals surface area contributed by atoms with Gasteiger partial charge in [0.25, 0.3) is 5.56 Å². The topological polar surface area (TPSA) is 116 Å². The van der Waals surface area contributed by atoms with E-state index in [1.165, 1.54) is 17.1 Å². The van der Waals surface area contributed by atoms with E-state index in [0.29, 0.717) is 42.1 Å². The van der Waals surface area contributed by atoms with Gasteiger partial charge in [-0.1, -0.05) is 30.7 Å². The van der Waals surface area contributed by atoms with Crippen LogP contribution in [0.2, 0.25) is 5.15 Å². The number of aromatic nitrogens is 3. The second-order valence-corrected chi connectivity index (χ2v) is 10.7. The maximum absolute atomic E-state index is 13.4. The lowest BCUT2D eigenvalue weighted by atomic mass is 9.90. The molecule has 0 spiro atoms. The highest BCUT2D eigenvalue weighted by molar-refractivity contribution is 6.31. The number of likely N-dealkylation sites (tertiary alicyclic amines) is 1. The summed E-state index contributed by atoms with van der Waals surface area (Å²) >= 11 is 6.58. The molecule has 0 bridgehead atoms. The van der Waals surface area contributed by atoms with Crippen LogP contribution in [0.1, 0.15) is 38.2 Å². The van der Waals surface area contributed by atoms with Crippen molar-refractivity contribution in [2.45, 2.75) is 44.8 Å². The molecule has 3 N–H and O–H groups in total. The van der Waals surface area contributed by atoms with Crippen LogP contribution in [0.25, 0.3) is 22.4 Å². The minimum Gasteiger partial charge on any atom is -0.388 e. The molecule has 0 atom stereocenters. The van der Waals surface area contributed by atoms with Crippen molar-refractivity contribution in [3.63, 3.8) is 0 Å². The Hall–Kier alpha value is -3.43. The van der Waals surface area contributed by atoms with E-state index in [0.717, 1.165) is 29.8 Å². The quantitative estimate of drug-likeness (QED) is 0.412. The highest BCUT2D eigenvalue weighted by atomic mass is 35.5. The minimum atomic E-state index is -1.09. The zero-order chi connectivity index (χ0) is 26.4. The lowest BCUT2D eigenvalue weighted by Crippen LogP contribution is -2.51. The molecule has 1 amide bonds. The summed E-state index contributed by atoms with van der Waals surface area (Å²) in [6.45, 7) is 3.06. The molecule has 2 fully saturated rings. The summed E-state index contributed by atoms with van der Waals surface area (Å²) in [5.74, 6) is 0.171. The fraction of sp³-hybridized carbons (Fsp3) is 0.407. The monoisotopic (exact) mass is 522 g/mol. The second-order valence-electron chi connectivity index (χ2n) is 10.3. The van der Waals surface area contributed by atoms with Gasteiger partial charge in [0.1, 0.15) is 11.5 Å². The highest BCUT2D eigenvalue weighted by Crippen LogP contribution is 2.47. The molecular weight excluding hydrogens is 492 g/mol. The van der Waals surface area contributed by atoms with Gasteiger partial charge in [0.05, 0.1) is 17.5 Å². The van der Waals surface area contributed by atoms with Crippen molar-refractivity contribution >= 4 is 40.5 Å². The molecule has 37 heavy (non-hydrogen) atoms. The van der Waals surface area contributed by atoms with E-state index < -0.39 is 5.60 Å². The molecular formula is C27H31ClN6O3. The van der Waals surface area contributed by atoms with Crippen LogP contribution in [-0.2, 0) is 11.3 Å². The number of hydrogen-bond donors (Lipinski definition) is 3. The molecule has 9 nitrogen and oxygen atoms in total. The Morgan fingerprint density at radius 2 is 1.97 bits per heavy atom. The predicted octanol–water partition coefficient (Wildman–Crippen LogP) is 3.20. The van der Waals surface area contributed by atoms with Crippen molar-refractivity contribution in [1.82, 2.24) is 24.3 Å². The predicted molar refractivity (Wildman–Crippen MR) is 144 cm³/mol. The van der Waals surface area contributed by atoms with Gasteiger partial charge in [0.2, 0.25) is 5.91 Å². The summed E-state index contributed by atoms with van der Waals surface area (Å²) in [7, 11) is 1.78. The van der Waals surface area contributed by atoms with Crippen LogP contribution in [0.3, 0.4) is 0 Å². The number of allylic oxidation sites excluding steroid dienone is 1. The standard InChI is InChI=1S/C27H31ClN6O3/c1-26(7-8-26)25(36)32-12-9-27(37,10-13-32)16-33-17-31-23-20(24(33)35)15-22(28)34(23)19-5-3-4-18(14-19)21(30-2)6-11-29/h3-6,11,14-15,17,29-30,37H,7-10,12-13,16H2,1-2H3/b21-6-,29-11?. The molecule has 194 valence electrons. The van der Waals surface area contributed by atoms with E-state index in [4.69, 9.17) is 17.0 Å². The second kappa shape index (κ2) is 9.46. The van der Waals surface area contributed by atoms with Crippen molar-refractivity contribution in [3.05, 3.63) is 63.8 Å². The van der Waals surface area contributed by atoms with Crippen LogP contribution < -0.4 is 10.9 Å². The molecule has 1 aliphatic carbocycles. The van der Waals surface area contributed by atoms with Gasteiger partial charge in [-0.25, -0.2) is 4.98 Å². The molecule has 2 aliphatic rings. The fourth-order valence-electron chi connectivity index (χ4n) is 5.05. The van der Waals surface area contributed by atoms with Crippen LogP contribution in [0.15, 0.2) is 47.5 Å². The van der Waals surface area contributed by atoms with E-state index in [2.05, 4.69) is 10.3 Å². The van der Waals surface area contributed by atoms with Crippen LogP contribution in [0.4, 0.5) is 0 Å². The van der Waals surface area contributed by atoms with Gasteiger partial charge in [-0.2, -0.15) is 0 Å². The first-order chi connectivity index (χ1) is 17.7. The molecule has 1 aromatic carbocycles. The number of amides is 1. The van der Waals surface area contributed by atoms with E-state index in [1.807, 2.05) is 36.1 Å². The third-order valence-corrected chi connectivity index (χ3v) is 7.92. The first kappa shape index (κ1) is 25.2. The summed E-state index contributed by atoms with van der Waals surface area (Å²) in [5.41, 5.74) is 1.19. The Morgan fingerprint density at radius 3 is 2.62 bits per heavy atom. The normalized spacial score (nSPS) is 18.6. The summed E-state index contributed by atoms with van der Waals surface area (Å²) < 4.78 is 3.14. The number of halogens is 1. The molecule has 2 aromatic heterocycles. The van der Waals surface area contributed by atoms with Gasteiger partial charge in [-0.3, -0.25) is 18.7 Å². The molecule has 3 aromatic rings. The molecule has 1 aliphatic heterocycles. The Balaban J connectivity index is 1.41. The number of rotatable bonds is 7. The number of hydrogen-bond acceptors (Lipinski definition) is 6. The average Bonchev–Trinajstić information content (AvgIpc) is 3.55. The largest absolute Gasteiger partial charge is 0.388 e. The lowest BCUT2D eigenvalue weighted by Gasteiger charge is -2.39.